The zero-order valence-corrected chi connectivity index (χ0v) is 10.4. The van der Waals surface area contributed by atoms with E-state index in [4.69, 9.17) is 10.2 Å². The van der Waals surface area contributed by atoms with Crippen molar-refractivity contribution in [3.63, 3.8) is 0 Å². The fourth-order valence-corrected chi connectivity index (χ4v) is 1.80. The van der Waals surface area contributed by atoms with Crippen LogP contribution in [0.1, 0.15) is 12.0 Å². The van der Waals surface area contributed by atoms with Gasteiger partial charge in [0.2, 0.25) is 0 Å². The van der Waals surface area contributed by atoms with Crippen molar-refractivity contribution in [3.8, 4) is 0 Å². The van der Waals surface area contributed by atoms with E-state index in [9.17, 15) is 8.78 Å². The molecule has 1 unspecified atom stereocenters. The van der Waals surface area contributed by atoms with Gasteiger partial charge in [-0.1, -0.05) is 6.07 Å². The van der Waals surface area contributed by atoms with Gasteiger partial charge in [0.25, 0.3) is 0 Å². The summed E-state index contributed by atoms with van der Waals surface area (Å²) in [6, 6.07) is 3.39. The van der Waals surface area contributed by atoms with E-state index in [0.717, 1.165) is 6.07 Å². The van der Waals surface area contributed by atoms with Gasteiger partial charge in [0, 0.05) is 25.3 Å². The van der Waals surface area contributed by atoms with Crippen molar-refractivity contribution in [2.24, 2.45) is 0 Å². The molecule has 1 aromatic carbocycles. The summed E-state index contributed by atoms with van der Waals surface area (Å²) in [5.41, 5.74) is 0.448. The van der Waals surface area contributed by atoms with Gasteiger partial charge in [-0.2, -0.15) is 0 Å². The van der Waals surface area contributed by atoms with E-state index in [2.05, 4.69) is 0 Å². The number of hydrogen-bond donors (Lipinski definition) is 2. The van der Waals surface area contributed by atoms with Crippen molar-refractivity contribution in [2.45, 2.75) is 18.9 Å². The van der Waals surface area contributed by atoms with Crippen LogP contribution in [-0.4, -0.2) is 48.0 Å². The lowest BCUT2D eigenvalue weighted by Crippen LogP contribution is -2.37. The van der Waals surface area contributed by atoms with Crippen LogP contribution >= 0.6 is 0 Å². The molecule has 0 heterocycles. The Morgan fingerprint density at radius 3 is 2.56 bits per heavy atom. The molecule has 0 bridgehead atoms. The maximum atomic E-state index is 13.4. The van der Waals surface area contributed by atoms with Crippen LogP contribution in [0.2, 0.25) is 0 Å². The van der Waals surface area contributed by atoms with E-state index >= 15 is 0 Å². The Hall–Kier alpha value is -1.04. The molecular weight excluding hydrogens is 240 g/mol. The second-order valence-corrected chi connectivity index (χ2v) is 4.32. The van der Waals surface area contributed by atoms with Crippen LogP contribution in [0.4, 0.5) is 8.78 Å². The molecule has 0 saturated carbocycles. The van der Waals surface area contributed by atoms with E-state index in [1.54, 1.807) is 7.05 Å². The normalized spacial score (nSPS) is 13.0. The molecule has 5 heteroatoms. The molecule has 3 nitrogen and oxygen atoms in total. The van der Waals surface area contributed by atoms with Gasteiger partial charge in [0.05, 0.1) is 6.61 Å². The molecule has 0 radical (unpaired) electrons. The van der Waals surface area contributed by atoms with Gasteiger partial charge in [-0.3, -0.25) is 0 Å². The summed E-state index contributed by atoms with van der Waals surface area (Å²) in [4.78, 5) is 1.86. The Kier molecular flexibility index (Phi) is 6.18. The van der Waals surface area contributed by atoms with Crippen molar-refractivity contribution in [1.82, 2.24) is 4.90 Å². The molecule has 0 aromatic heterocycles. The van der Waals surface area contributed by atoms with Gasteiger partial charge in [-0.05, 0) is 31.5 Å². The zero-order valence-electron chi connectivity index (χ0n) is 10.4. The maximum Gasteiger partial charge on any atom is 0.129 e. The van der Waals surface area contributed by atoms with E-state index in [1.807, 2.05) is 4.90 Å². The number of halogens is 2. The highest BCUT2D eigenvalue weighted by molar-refractivity contribution is 5.18. The van der Waals surface area contributed by atoms with E-state index < -0.39 is 11.6 Å². The SMILES string of the molecule is CN(CCc1ccc(F)cc1F)C(CO)CCO. The summed E-state index contributed by atoms with van der Waals surface area (Å²) in [6.45, 7) is 0.483. The van der Waals surface area contributed by atoms with E-state index in [-0.39, 0.29) is 19.3 Å². The van der Waals surface area contributed by atoms with Crippen molar-refractivity contribution in [2.75, 3.05) is 26.8 Å². The largest absolute Gasteiger partial charge is 0.396 e. The lowest BCUT2D eigenvalue weighted by Gasteiger charge is -2.25. The molecule has 2 N–H and O–H groups in total. The summed E-state index contributed by atoms with van der Waals surface area (Å²) in [5.74, 6) is -1.13. The molecule has 0 amide bonds. The van der Waals surface area contributed by atoms with Crippen LogP contribution in [0, 0.1) is 11.6 Å². The lowest BCUT2D eigenvalue weighted by atomic mass is 10.1. The summed E-state index contributed by atoms with van der Waals surface area (Å²) in [5, 5.41) is 18.0. The second-order valence-electron chi connectivity index (χ2n) is 4.32. The lowest BCUT2D eigenvalue weighted by molar-refractivity contribution is 0.120. The van der Waals surface area contributed by atoms with Crippen molar-refractivity contribution in [3.05, 3.63) is 35.4 Å². The first-order valence-corrected chi connectivity index (χ1v) is 5.94. The van der Waals surface area contributed by atoms with Crippen LogP contribution in [-0.2, 0) is 6.42 Å². The van der Waals surface area contributed by atoms with Crippen LogP contribution in [0.5, 0.6) is 0 Å². The van der Waals surface area contributed by atoms with Gasteiger partial charge >= 0.3 is 0 Å². The van der Waals surface area contributed by atoms with Gasteiger partial charge in [-0.15, -0.1) is 0 Å². The minimum absolute atomic E-state index is 0.000472. The summed E-state index contributed by atoms with van der Waals surface area (Å²) >= 11 is 0. The zero-order chi connectivity index (χ0) is 13.5. The van der Waals surface area contributed by atoms with Crippen molar-refractivity contribution < 1.29 is 19.0 Å². The summed E-state index contributed by atoms with van der Waals surface area (Å²) in [6.07, 6.45) is 0.906. The minimum Gasteiger partial charge on any atom is -0.396 e. The number of aliphatic hydroxyl groups is 2. The van der Waals surface area contributed by atoms with Crippen LogP contribution < -0.4 is 0 Å². The first kappa shape index (κ1) is 15.0. The van der Waals surface area contributed by atoms with Crippen molar-refractivity contribution >= 4 is 0 Å². The average Bonchev–Trinajstić information content (AvgIpc) is 2.34. The molecule has 0 aliphatic rings. The third kappa shape index (κ3) is 4.33. The fraction of sp³-hybridized carbons (Fsp3) is 0.538. The molecule has 1 aromatic rings. The third-order valence-corrected chi connectivity index (χ3v) is 3.05. The molecular formula is C13H19F2NO2. The molecule has 0 fully saturated rings. The molecule has 18 heavy (non-hydrogen) atoms. The molecule has 0 saturated heterocycles. The molecule has 102 valence electrons. The predicted octanol–water partition coefficient (Wildman–Crippen LogP) is 1.18. The first-order valence-electron chi connectivity index (χ1n) is 5.94. The Morgan fingerprint density at radius 2 is 2.00 bits per heavy atom. The second kappa shape index (κ2) is 7.41. The molecule has 0 spiro atoms. The number of benzene rings is 1. The maximum absolute atomic E-state index is 13.4. The van der Waals surface area contributed by atoms with E-state index in [1.165, 1.54) is 12.1 Å². The van der Waals surface area contributed by atoms with Crippen molar-refractivity contribution in [1.29, 1.82) is 0 Å². The van der Waals surface area contributed by atoms with Crippen LogP contribution in [0.15, 0.2) is 18.2 Å². The fourth-order valence-electron chi connectivity index (χ4n) is 1.80. The highest BCUT2D eigenvalue weighted by Crippen LogP contribution is 2.11. The summed E-state index contributed by atoms with van der Waals surface area (Å²) in [7, 11) is 1.80. The Labute approximate surface area is 106 Å². The number of likely N-dealkylation sites (N-methyl/N-ethyl adjacent to an activating group) is 1. The predicted molar refractivity (Wildman–Crippen MR) is 65.3 cm³/mol. The Morgan fingerprint density at radius 1 is 1.28 bits per heavy atom. The number of hydrogen-bond acceptors (Lipinski definition) is 3. The highest BCUT2D eigenvalue weighted by Gasteiger charge is 2.13. The molecule has 0 aliphatic heterocycles. The molecule has 0 aliphatic carbocycles. The van der Waals surface area contributed by atoms with Gasteiger partial charge < -0.3 is 15.1 Å². The first-order chi connectivity index (χ1) is 8.58. The standard InChI is InChI=1S/C13H19F2NO2/c1-16(12(9-18)5-7-17)6-4-10-2-3-11(14)8-13(10)15/h2-3,8,12,17-18H,4-7,9H2,1H3. The van der Waals surface area contributed by atoms with E-state index in [0.29, 0.717) is 24.9 Å². The summed E-state index contributed by atoms with van der Waals surface area (Å²) < 4.78 is 26.1. The Bertz CT molecular complexity index is 374. The smallest absolute Gasteiger partial charge is 0.129 e. The highest BCUT2D eigenvalue weighted by atomic mass is 19.1. The number of nitrogens with zero attached hydrogens (tertiary/aromatic N) is 1. The molecule has 1 rings (SSSR count). The van der Waals surface area contributed by atoms with Crippen LogP contribution in [0.3, 0.4) is 0 Å². The number of rotatable bonds is 7. The van der Waals surface area contributed by atoms with Gasteiger partial charge in [-0.25, -0.2) is 8.78 Å². The van der Waals surface area contributed by atoms with Gasteiger partial charge in [0.1, 0.15) is 11.6 Å². The van der Waals surface area contributed by atoms with Crippen LogP contribution in [0.25, 0.3) is 0 Å². The quantitative estimate of drug-likeness (QED) is 0.773. The molecule has 1 atom stereocenters. The van der Waals surface area contributed by atoms with Gasteiger partial charge in [0.15, 0.2) is 0 Å². The third-order valence-electron chi connectivity index (χ3n) is 3.05. The minimum atomic E-state index is -0.585. The topological polar surface area (TPSA) is 43.7 Å². The average molecular weight is 259 g/mol. The Balaban J connectivity index is 2.53. The monoisotopic (exact) mass is 259 g/mol. The number of aliphatic hydroxyl groups excluding tert-OH is 2.